The molecule has 0 fully saturated rings. The third-order valence-corrected chi connectivity index (χ3v) is 6.22. The molecule has 2 aromatic carbocycles. The molecule has 3 aromatic rings. The summed E-state index contributed by atoms with van der Waals surface area (Å²) in [7, 11) is 0. The normalized spacial score (nSPS) is 13.0. The van der Waals surface area contributed by atoms with Crippen LogP contribution in [0.4, 0.5) is 32.0 Å². The Hall–Kier alpha value is -4.35. The molecule has 1 aromatic heterocycles. The van der Waals surface area contributed by atoms with Crippen LogP contribution < -0.4 is 10.1 Å². The highest BCUT2D eigenvalue weighted by atomic mass is 19.4. The van der Waals surface area contributed by atoms with Gasteiger partial charge in [-0.05, 0) is 81.0 Å². The van der Waals surface area contributed by atoms with Crippen molar-refractivity contribution in [3.05, 3.63) is 94.2 Å². The number of rotatable bonds is 7. The largest absolute Gasteiger partial charge is 0.473 e. The van der Waals surface area contributed by atoms with Crippen LogP contribution in [-0.4, -0.2) is 29.6 Å². The first kappa shape index (κ1) is 33.2. The van der Waals surface area contributed by atoms with Crippen molar-refractivity contribution in [2.45, 2.75) is 59.0 Å². The zero-order valence-electron chi connectivity index (χ0n) is 23.7. The van der Waals surface area contributed by atoms with E-state index in [0.717, 1.165) is 48.2 Å². The Bertz CT molecular complexity index is 1460. The first-order valence-electron chi connectivity index (χ1n) is 13.3. The number of carbonyl (C=O) groups is 2. The summed E-state index contributed by atoms with van der Waals surface area (Å²) < 4.78 is 85.1. The molecule has 0 spiro atoms. The predicted molar refractivity (Wildman–Crippen MR) is 148 cm³/mol. The van der Waals surface area contributed by atoms with E-state index in [9.17, 15) is 35.9 Å². The van der Waals surface area contributed by atoms with Gasteiger partial charge in [-0.15, -0.1) is 0 Å². The molecule has 0 saturated carbocycles. The SMILES string of the molecule is CCOC(=O)c1cc(NC(=O)C(F)(F)F)cc(C2=CCCC2)c1.Cc1ccc(COc2ncc(C(F)(F)F)cc2C)cc1. The Labute approximate surface area is 244 Å². The smallest absolute Gasteiger partial charge is 0.471 e. The molecule has 6 nitrogen and oxygen atoms in total. The van der Waals surface area contributed by atoms with Gasteiger partial charge in [0.2, 0.25) is 5.88 Å². The van der Waals surface area contributed by atoms with Crippen molar-refractivity contribution in [1.29, 1.82) is 0 Å². The second kappa shape index (κ2) is 14.2. The number of hydrogen-bond acceptors (Lipinski definition) is 5. The molecule has 43 heavy (non-hydrogen) atoms. The Balaban J connectivity index is 0.000000238. The minimum Gasteiger partial charge on any atom is -0.473 e. The minimum absolute atomic E-state index is 0.0827. The molecule has 0 aliphatic heterocycles. The van der Waals surface area contributed by atoms with Crippen LogP contribution in [0.15, 0.2) is 60.8 Å². The first-order chi connectivity index (χ1) is 20.2. The Morgan fingerprint density at radius 1 is 0.977 bits per heavy atom. The highest BCUT2D eigenvalue weighted by Gasteiger charge is 2.38. The van der Waals surface area contributed by atoms with Gasteiger partial charge in [0.1, 0.15) is 6.61 Å². The average molecular weight is 609 g/mol. The Morgan fingerprint density at radius 3 is 2.23 bits per heavy atom. The zero-order valence-corrected chi connectivity index (χ0v) is 23.7. The van der Waals surface area contributed by atoms with E-state index in [1.165, 1.54) is 12.1 Å². The summed E-state index contributed by atoms with van der Waals surface area (Å²) in [6.07, 6.45) is -4.01. The second-order valence-electron chi connectivity index (χ2n) is 9.71. The van der Waals surface area contributed by atoms with Gasteiger partial charge in [0, 0.05) is 17.4 Å². The maximum Gasteiger partial charge on any atom is 0.471 e. The lowest BCUT2D eigenvalue weighted by atomic mass is 10.0. The van der Waals surface area contributed by atoms with E-state index in [2.05, 4.69) is 4.98 Å². The molecular formula is C31H30F6N2O4. The topological polar surface area (TPSA) is 77.5 Å². The number of esters is 1. The number of nitrogens with one attached hydrogen (secondary N) is 1. The van der Waals surface area contributed by atoms with Gasteiger partial charge in [-0.2, -0.15) is 26.3 Å². The molecule has 0 unspecified atom stereocenters. The molecule has 1 aliphatic rings. The third-order valence-electron chi connectivity index (χ3n) is 6.22. The highest BCUT2D eigenvalue weighted by Crippen LogP contribution is 2.32. The molecule has 0 bridgehead atoms. The summed E-state index contributed by atoms with van der Waals surface area (Å²) in [6, 6.07) is 12.9. The molecule has 0 saturated heterocycles. The maximum absolute atomic E-state index is 12.5. The number of halogens is 6. The Kier molecular flexibility index (Phi) is 11.0. The number of alkyl halides is 6. The second-order valence-corrected chi connectivity index (χ2v) is 9.71. The van der Waals surface area contributed by atoms with Crippen molar-refractivity contribution in [3.8, 4) is 5.88 Å². The lowest BCUT2D eigenvalue weighted by Crippen LogP contribution is -2.30. The van der Waals surface area contributed by atoms with E-state index in [4.69, 9.17) is 9.47 Å². The molecule has 230 valence electrons. The van der Waals surface area contributed by atoms with Gasteiger partial charge >= 0.3 is 24.2 Å². The van der Waals surface area contributed by atoms with Gasteiger partial charge in [0.05, 0.1) is 17.7 Å². The summed E-state index contributed by atoms with van der Waals surface area (Å²) in [5.74, 6) is -2.50. The summed E-state index contributed by atoms with van der Waals surface area (Å²) >= 11 is 0. The molecular weight excluding hydrogens is 578 g/mol. The molecule has 1 amide bonds. The first-order valence-corrected chi connectivity index (χ1v) is 13.3. The molecule has 0 atom stereocenters. The number of amides is 1. The van der Waals surface area contributed by atoms with Gasteiger partial charge in [-0.1, -0.05) is 35.9 Å². The third kappa shape index (κ3) is 9.86. The summed E-state index contributed by atoms with van der Waals surface area (Å²) in [6.45, 7) is 5.59. The fraction of sp³-hybridized carbons (Fsp3) is 0.323. The Morgan fingerprint density at radius 2 is 1.67 bits per heavy atom. The molecule has 1 heterocycles. The number of allylic oxidation sites excluding steroid dienone is 2. The zero-order chi connectivity index (χ0) is 31.8. The van der Waals surface area contributed by atoms with Gasteiger partial charge in [0.15, 0.2) is 0 Å². The summed E-state index contributed by atoms with van der Waals surface area (Å²) in [4.78, 5) is 26.7. The number of aromatic nitrogens is 1. The van der Waals surface area contributed by atoms with Gasteiger partial charge in [-0.3, -0.25) is 4.79 Å². The number of aryl methyl sites for hydroxylation is 2. The monoisotopic (exact) mass is 608 g/mol. The van der Waals surface area contributed by atoms with Crippen LogP contribution in [0, 0.1) is 13.8 Å². The number of hydrogen-bond donors (Lipinski definition) is 1. The quantitative estimate of drug-likeness (QED) is 0.216. The van der Waals surface area contributed by atoms with Crippen molar-refractivity contribution in [3.63, 3.8) is 0 Å². The summed E-state index contributed by atoms with van der Waals surface area (Å²) in [5, 5.41) is 1.78. The van der Waals surface area contributed by atoms with Crippen molar-refractivity contribution in [2.24, 2.45) is 0 Å². The molecule has 12 heteroatoms. The average Bonchev–Trinajstić information content (AvgIpc) is 3.48. The van der Waals surface area contributed by atoms with Crippen LogP contribution in [-0.2, 0) is 22.3 Å². The maximum atomic E-state index is 12.5. The van der Waals surface area contributed by atoms with E-state index >= 15 is 0 Å². The molecule has 0 radical (unpaired) electrons. The highest BCUT2D eigenvalue weighted by molar-refractivity contribution is 5.98. The van der Waals surface area contributed by atoms with Crippen LogP contribution in [0.3, 0.4) is 0 Å². The van der Waals surface area contributed by atoms with Crippen LogP contribution in [0.1, 0.15) is 64.4 Å². The van der Waals surface area contributed by atoms with E-state index in [1.54, 1.807) is 25.2 Å². The number of benzene rings is 2. The van der Waals surface area contributed by atoms with Crippen molar-refractivity contribution in [1.82, 2.24) is 4.98 Å². The summed E-state index contributed by atoms with van der Waals surface area (Å²) in [5.41, 5.74) is 3.26. The number of anilines is 1. The van der Waals surface area contributed by atoms with Gasteiger partial charge < -0.3 is 14.8 Å². The van der Waals surface area contributed by atoms with Crippen LogP contribution >= 0.6 is 0 Å². The van der Waals surface area contributed by atoms with Crippen molar-refractivity contribution < 1.29 is 45.4 Å². The fourth-order valence-electron chi connectivity index (χ4n) is 4.06. The standard InChI is InChI=1S/C16H16F3NO3.C15H14F3NO/c1-2-23-14(21)12-7-11(10-5-3-4-6-10)8-13(9-12)20-15(22)16(17,18)19;1-10-3-5-12(6-4-10)9-20-14-11(2)7-13(8-19-14)15(16,17)18/h5,7-9H,2-4,6H2,1H3,(H,20,22);3-8H,9H2,1-2H3. The van der Waals surface area contributed by atoms with Crippen LogP contribution in [0.2, 0.25) is 0 Å². The number of ether oxygens (including phenoxy) is 2. The predicted octanol–water partition coefficient (Wildman–Crippen LogP) is 8.23. The van der Waals surface area contributed by atoms with E-state index in [-0.39, 0.29) is 30.3 Å². The van der Waals surface area contributed by atoms with Crippen molar-refractivity contribution >= 4 is 23.1 Å². The minimum atomic E-state index is -4.99. The van der Waals surface area contributed by atoms with Crippen LogP contribution in [0.25, 0.3) is 5.57 Å². The van der Waals surface area contributed by atoms with Gasteiger partial charge in [-0.25, -0.2) is 9.78 Å². The van der Waals surface area contributed by atoms with E-state index in [0.29, 0.717) is 11.1 Å². The lowest BCUT2D eigenvalue weighted by molar-refractivity contribution is -0.167. The number of nitrogens with zero attached hydrogens (tertiary/aromatic N) is 1. The van der Waals surface area contributed by atoms with Gasteiger partial charge in [0.25, 0.3) is 0 Å². The van der Waals surface area contributed by atoms with Crippen LogP contribution in [0.5, 0.6) is 5.88 Å². The number of carbonyl (C=O) groups excluding carboxylic acids is 2. The molecule has 1 aliphatic carbocycles. The fourth-order valence-corrected chi connectivity index (χ4v) is 4.06. The van der Waals surface area contributed by atoms with E-state index < -0.39 is 29.8 Å². The van der Waals surface area contributed by atoms with Crippen molar-refractivity contribution in [2.75, 3.05) is 11.9 Å². The lowest BCUT2D eigenvalue weighted by Gasteiger charge is -2.12. The molecule has 1 N–H and O–H groups in total. The van der Waals surface area contributed by atoms with E-state index in [1.807, 2.05) is 37.3 Å². The molecule has 4 rings (SSSR count). The number of pyridine rings is 1.